The molecule has 2 nitrogen and oxygen atoms in total. The van der Waals surface area contributed by atoms with E-state index >= 15 is 0 Å². The van der Waals surface area contributed by atoms with E-state index in [1.807, 2.05) is 0 Å². The smallest absolute Gasteiger partial charge is 0.0462 e. The van der Waals surface area contributed by atoms with Gasteiger partial charge in [0, 0.05) is 19.8 Å². The maximum atomic E-state index is 4.99. The zero-order valence-corrected chi connectivity index (χ0v) is 9.44. The van der Waals surface area contributed by atoms with E-state index in [9.17, 15) is 0 Å². The summed E-state index contributed by atoms with van der Waals surface area (Å²) in [4.78, 5) is 0. The normalized spacial score (nSPS) is 11.1. The van der Waals surface area contributed by atoms with Crippen LogP contribution in [-0.4, -0.2) is 26.3 Å². The van der Waals surface area contributed by atoms with Crippen molar-refractivity contribution in [2.45, 2.75) is 52.0 Å². The van der Waals surface area contributed by atoms with Gasteiger partial charge in [0.2, 0.25) is 0 Å². The van der Waals surface area contributed by atoms with Crippen LogP contribution >= 0.6 is 0 Å². The minimum Gasteiger partial charge on any atom is -0.385 e. The van der Waals surface area contributed by atoms with E-state index in [1.54, 1.807) is 7.11 Å². The van der Waals surface area contributed by atoms with Gasteiger partial charge in [-0.2, -0.15) is 0 Å². The molecule has 0 aliphatic heterocycles. The van der Waals surface area contributed by atoms with Gasteiger partial charge in [-0.05, 0) is 38.6 Å². The molecule has 0 heterocycles. The molecule has 0 fully saturated rings. The second-order valence-corrected chi connectivity index (χ2v) is 3.52. The Morgan fingerprint density at radius 3 is 2.31 bits per heavy atom. The van der Waals surface area contributed by atoms with E-state index in [0.29, 0.717) is 0 Å². The fourth-order valence-electron chi connectivity index (χ4n) is 1.43. The average molecular weight is 187 g/mol. The molecule has 0 amide bonds. The van der Waals surface area contributed by atoms with Crippen LogP contribution in [-0.2, 0) is 4.74 Å². The third-order valence-electron chi connectivity index (χ3n) is 2.44. The number of methoxy groups -OCH3 is 1. The van der Waals surface area contributed by atoms with Gasteiger partial charge in [0.05, 0.1) is 0 Å². The molecule has 0 bridgehead atoms. The molecular formula is C11H25NO. The highest BCUT2D eigenvalue weighted by Crippen LogP contribution is 1.98. The van der Waals surface area contributed by atoms with Crippen LogP contribution < -0.4 is 5.32 Å². The zero-order chi connectivity index (χ0) is 9.94. The molecule has 0 aliphatic carbocycles. The van der Waals surface area contributed by atoms with Crippen molar-refractivity contribution in [2.75, 3.05) is 20.3 Å². The summed E-state index contributed by atoms with van der Waals surface area (Å²) in [6.45, 7) is 6.55. The first kappa shape index (κ1) is 12.9. The minimum atomic E-state index is 0.724. The predicted octanol–water partition coefficient (Wildman–Crippen LogP) is 2.58. The number of ether oxygens (including phenoxy) is 1. The van der Waals surface area contributed by atoms with Gasteiger partial charge in [0.15, 0.2) is 0 Å². The summed E-state index contributed by atoms with van der Waals surface area (Å²) in [5.74, 6) is 0. The molecule has 1 N–H and O–H groups in total. The minimum absolute atomic E-state index is 0.724. The van der Waals surface area contributed by atoms with Crippen LogP contribution in [0.25, 0.3) is 0 Å². The van der Waals surface area contributed by atoms with Gasteiger partial charge < -0.3 is 10.1 Å². The van der Waals surface area contributed by atoms with E-state index in [1.165, 1.54) is 32.1 Å². The monoisotopic (exact) mass is 187 g/mol. The maximum absolute atomic E-state index is 4.99. The molecule has 0 saturated carbocycles. The average Bonchev–Trinajstić information content (AvgIpc) is 2.17. The Hall–Kier alpha value is -0.0800. The molecular weight excluding hydrogens is 162 g/mol. The number of unbranched alkanes of at least 4 members (excludes halogenated alkanes) is 2. The van der Waals surface area contributed by atoms with Crippen molar-refractivity contribution in [1.82, 2.24) is 5.32 Å². The lowest BCUT2D eigenvalue weighted by Crippen LogP contribution is -2.28. The lowest BCUT2D eigenvalue weighted by Gasteiger charge is -2.14. The maximum Gasteiger partial charge on any atom is 0.0462 e. The Morgan fingerprint density at radius 1 is 1.08 bits per heavy atom. The van der Waals surface area contributed by atoms with Gasteiger partial charge in [0.25, 0.3) is 0 Å². The van der Waals surface area contributed by atoms with E-state index < -0.39 is 0 Å². The lowest BCUT2D eigenvalue weighted by molar-refractivity contribution is 0.192. The first-order valence-electron chi connectivity index (χ1n) is 5.57. The van der Waals surface area contributed by atoms with Crippen LogP contribution in [0.5, 0.6) is 0 Å². The highest BCUT2D eigenvalue weighted by atomic mass is 16.5. The largest absolute Gasteiger partial charge is 0.385 e. The van der Waals surface area contributed by atoms with Crippen LogP contribution in [0.3, 0.4) is 0 Å². The highest BCUT2D eigenvalue weighted by molar-refractivity contribution is 4.61. The third-order valence-corrected chi connectivity index (χ3v) is 2.44. The molecule has 2 heteroatoms. The van der Waals surface area contributed by atoms with Crippen LogP contribution in [0.1, 0.15) is 46.0 Å². The van der Waals surface area contributed by atoms with E-state index in [2.05, 4.69) is 19.2 Å². The molecule has 0 unspecified atom stereocenters. The molecule has 0 aromatic carbocycles. The second-order valence-electron chi connectivity index (χ2n) is 3.52. The zero-order valence-electron chi connectivity index (χ0n) is 9.44. The van der Waals surface area contributed by atoms with Crippen LogP contribution in [0.4, 0.5) is 0 Å². The Balaban J connectivity index is 3.05. The molecule has 0 saturated heterocycles. The molecule has 0 radical (unpaired) electrons. The number of nitrogens with one attached hydrogen (secondary N) is 1. The van der Waals surface area contributed by atoms with Gasteiger partial charge in [-0.25, -0.2) is 0 Å². The van der Waals surface area contributed by atoms with Gasteiger partial charge in [-0.15, -0.1) is 0 Å². The molecule has 0 aromatic rings. The van der Waals surface area contributed by atoms with Gasteiger partial charge in [0.1, 0.15) is 0 Å². The lowest BCUT2D eigenvalue weighted by atomic mass is 10.1. The van der Waals surface area contributed by atoms with Gasteiger partial charge in [-0.1, -0.05) is 13.8 Å². The van der Waals surface area contributed by atoms with Crippen molar-refractivity contribution in [3.05, 3.63) is 0 Å². The van der Waals surface area contributed by atoms with Crippen molar-refractivity contribution < 1.29 is 4.74 Å². The van der Waals surface area contributed by atoms with Gasteiger partial charge >= 0.3 is 0 Å². The Bertz CT molecular complexity index is 92.1. The standard InChI is InChI=1S/C11H25NO/c1-4-11(5-2)12-9-7-6-8-10-13-3/h11-12H,4-10H2,1-3H3. The van der Waals surface area contributed by atoms with Crippen molar-refractivity contribution in [1.29, 1.82) is 0 Å². The predicted molar refractivity (Wildman–Crippen MR) is 58.1 cm³/mol. The summed E-state index contributed by atoms with van der Waals surface area (Å²) in [7, 11) is 1.77. The first-order valence-corrected chi connectivity index (χ1v) is 5.57. The van der Waals surface area contributed by atoms with Crippen LogP contribution in [0.15, 0.2) is 0 Å². The molecule has 80 valence electrons. The van der Waals surface area contributed by atoms with Crippen molar-refractivity contribution in [3.63, 3.8) is 0 Å². The van der Waals surface area contributed by atoms with E-state index in [4.69, 9.17) is 4.74 Å². The van der Waals surface area contributed by atoms with E-state index in [0.717, 1.165) is 19.2 Å². The van der Waals surface area contributed by atoms with Crippen LogP contribution in [0.2, 0.25) is 0 Å². The summed E-state index contributed by atoms with van der Waals surface area (Å²) < 4.78 is 4.99. The summed E-state index contributed by atoms with van der Waals surface area (Å²) >= 11 is 0. The van der Waals surface area contributed by atoms with Gasteiger partial charge in [-0.3, -0.25) is 0 Å². The molecule has 0 atom stereocenters. The highest BCUT2D eigenvalue weighted by Gasteiger charge is 1.99. The summed E-state index contributed by atoms with van der Waals surface area (Å²) in [5.41, 5.74) is 0. The first-order chi connectivity index (χ1) is 6.35. The molecule has 13 heavy (non-hydrogen) atoms. The Kier molecular flexibility index (Phi) is 9.94. The van der Waals surface area contributed by atoms with Crippen molar-refractivity contribution in [2.24, 2.45) is 0 Å². The van der Waals surface area contributed by atoms with E-state index in [-0.39, 0.29) is 0 Å². The third kappa shape index (κ3) is 8.26. The summed E-state index contributed by atoms with van der Waals surface area (Å²) in [5, 5.41) is 3.56. The Labute approximate surface area is 83.1 Å². The molecule has 0 spiro atoms. The number of hydrogen-bond acceptors (Lipinski definition) is 2. The van der Waals surface area contributed by atoms with Crippen molar-refractivity contribution in [3.8, 4) is 0 Å². The quantitative estimate of drug-likeness (QED) is 0.560. The number of rotatable bonds is 9. The second kappa shape index (κ2) is 10.0. The molecule has 0 aromatic heterocycles. The summed E-state index contributed by atoms with van der Waals surface area (Å²) in [6.07, 6.45) is 6.24. The molecule has 0 aliphatic rings. The molecule has 0 rings (SSSR count). The fourth-order valence-corrected chi connectivity index (χ4v) is 1.43. The fraction of sp³-hybridized carbons (Fsp3) is 1.00. The summed E-state index contributed by atoms with van der Waals surface area (Å²) in [6, 6.07) is 0.724. The topological polar surface area (TPSA) is 21.3 Å². The number of hydrogen-bond donors (Lipinski definition) is 1. The Morgan fingerprint density at radius 2 is 1.77 bits per heavy atom. The van der Waals surface area contributed by atoms with Crippen LogP contribution in [0, 0.1) is 0 Å². The SMILES string of the molecule is CCC(CC)NCCCCCOC. The van der Waals surface area contributed by atoms with Crippen molar-refractivity contribution >= 4 is 0 Å².